The lowest BCUT2D eigenvalue weighted by atomic mass is 9.76. The third kappa shape index (κ3) is 2.66. The van der Waals surface area contributed by atoms with Crippen LogP contribution in [0.15, 0.2) is 24.3 Å². The van der Waals surface area contributed by atoms with Crippen molar-refractivity contribution in [2.75, 3.05) is 13.1 Å². The molecular weight excluding hydrogens is 278 g/mol. The topological polar surface area (TPSA) is 57.6 Å². The van der Waals surface area contributed by atoms with E-state index in [2.05, 4.69) is 0 Å². The minimum absolute atomic E-state index is 0.120. The summed E-state index contributed by atoms with van der Waals surface area (Å²) in [7, 11) is 0. The minimum atomic E-state index is -0.759. The molecule has 0 aromatic heterocycles. The Hall–Kier alpha value is -1.55. The Kier molecular flexibility index (Phi) is 4.33. The molecular formula is C15H18ClNO3. The number of carbonyl (C=O) groups excluding carboxylic acids is 1. The molecule has 1 saturated heterocycles. The normalized spacial score (nSPS) is 17.8. The fraction of sp³-hybridized carbons (Fsp3) is 0.467. The van der Waals surface area contributed by atoms with Gasteiger partial charge < -0.3 is 10.0 Å². The molecule has 1 aromatic rings. The third-order valence-electron chi connectivity index (χ3n) is 4.24. The first-order valence-corrected chi connectivity index (χ1v) is 7.15. The zero-order valence-electron chi connectivity index (χ0n) is 11.4. The fourth-order valence-electron chi connectivity index (χ4n) is 2.66. The molecule has 4 nitrogen and oxygen atoms in total. The predicted molar refractivity (Wildman–Crippen MR) is 76.9 cm³/mol. The zero-order chi connectivity index (χ0) is 14.8. The maximum atomic E-state index is 12.4. The summed E-state index contributed by atoms with van der Waals surface area (Å²) in [6.07, 6.45) is 1.58. The van der Waals surface area contributed by atoms with Gasteiger partial charge in [-0.25, -0.2) is 0 Å². The molecule has 0 radical (unpaired) electrons. The van der Waals surface area contributed by atoms with Crippen molar-refractivity contribution in [3.63, 3.8) is 0 Å². The number of hydrogen-bond donors (Lipinski definition) is 1. The van der Waals surface area contributed by atoms with Gasteiger partial charge in [-0.2, -0.15) is 0 Å². The fourth-order valence-corrected chi connectivity index (χ4v) is 2.88. The molecule has 0 saturated carbocycles. The molecule has 0 atom stereocenters. The van der Waals surface area contributed by atoms with Gasteiger partial charge in [0.25, 0.3) is 5.91 Å². The first-order chi connectivity index (χ1) is 9.50. The van der Waals surface area contributed by atoms with Crippen molar-refractivity contribution in [2.45, 2.75) is 26.2 Å². The van der Waals surface area contributed by atoms with Crippen molar-refractivity contribution in [2.24, 2.45) is 5.41 Å². The van der Waals surface area contributed by atoms with E-state index in [1.165, 1.54) is 0 Å². The molecule has 108 valence electrons. The largest absolute Gasteiger partial charge is 0.481 e. The molecule has 2 rings (SSSR count). The summed E-state index contributed by atoms with van der Waals surface area (Å²) < 4.78 is 0. The molecule has 1 heterocycles. The van der Waals surface area contributed by atoms with Crippen molar-refractivity contribution in [1.29, 1.82) is 0 Å². The molecule has 0 bridgehead atoms. The van der Waals surface area contributed by atoms with Gasteiger partial charge in [-0.15, -0.1) is 0 Å². The summed E-state index contributed by atoms with van der Waals surface area (Å²) in [4.78, 5) is 25.5. The smallest absolute Gasteiger partial charge is 0.309 e. The van der Waals surface area contributed by atoms with Crippen LogP contribution in [0.2, 0.25) is 5.02 Å². The Balaban J connectivity index is 2.10. The van der Waals surface area contributed by atoms with Crippen molar-refractivity contribution < 1.29 is 14.7 Å². The van der Waals surface area contributed by atoms with Gasteiger partial charge in [0, 0.05) is 13.1 Å². The lowest BCUT2D eigenvalue weighted by Crippen LogP contribution is -2.46. The van der Waals surface area contributed by atoms with Crippen LogP contribution in [0.5, 0.6) is 0 Å². The number of benzene rings is 1. The molecule has 0 unspecified atom stereocenters. The highest BCUT2D eigenvalue weighted by Gasteiger charge is 2.41. The second-order valence-corrected chi connectivity index (χ2v) is 5.62. The van der Waals surface area contributed by atoms with Gasteiger partial charge in [0.1, 0.15) is 0 Å². The van der Waals surface area contributed by atoms with E-state index in [1.54, 1.807) is 29.2 Å². The van der Waals surface area contributed by atoms with Gasteiger partial charge in [-0.05, 0) is 31.4 Å². The quantitative estimate of drug-likeness (QED) is 0.932. The summed E-state index contributed by atoms with van der Waals surface area (Å²) >= 11 is 6.03. The average molecular weight is 296 g/mol. The van der Waals surface area contributed by atoms with Gasteiger partial charge >= 0.3 is 5.97 Å². The molecule has 1 aliphatic rings. The van der Waals surface area contributed by atoms with Crippen molar-refractivity contribution >= 4 is 23.5 Å². The van der Waals surface area contributed by atoms with Crippen LogP contribution in [0.1, 0.15) is 36.5 Å². The number of amides is 1. The number of likely N-dealkylation sites (tertiary alicyclic amines) is 1. The zero-order valence-corrected chi connectivity index (χ0v) is 12.2. The second kappa shape index (κ2) is 5.83. The highest BCUT2D eigenvalue weighted by molar-refractivity contribution is 6.33. The van der Waals surface area contributed by atoms with E-state index in [9.17, 15) is 14.7 Å². The molecule has 5 heteroatoms. The molecule has 1 N–H and O–H groups in total. The Morgan fingerprint density at radius 1 is 1.30 bits per heavy atom. The summed E-state index contributed by atoms with van der Waals surface area (Å²) in [6.45, 7) is 2.81. The number of rotatable bonds is 3. The summed E-state index contributed by atoms with van der Waals surface area (Å²) in [5, 5.41) is 9.78. The van der Waals surface area contributed by atoms with Crippen molar-refractivity contribution in [3.8, 4) is 0 Å². The van der Waals surface area contributed by atoms with Crippen LogP contribution in [0, 0.1) is 5.41 Å². The SMILES string of the molecule is CCC1(C(=O)O)CCN(C(=O)c2ccccc2Cl)CC1. The predicted octanol–water partition coefficient (Wildman–Crippen LogP) is 3.06. The lowest BCUT2D eigenvalue weighted by molar-refractivity contribution is -0.152. The van der Waals surface area contributed by atoms with Crippen LogP contribution in [-0.4, -0.2) is 35.0 Å². The number of piperidine rings is 1. The summed E-state index contributed by atoms with van der Waals surface area (Å²) in [6, 6.07) is 6.94. The number of carboxylic acids is 1. The minimum Gasteiger partial charge on any atom is -0.481 e. The molecule has 0 aliphatic carbocycles. The Bertz CT molecular complexity index is 522. The van der Waals surface area contributed by atoms with Crippen LogP contribution in [-0.2, 0) is 4.79 Å². The molecule has 1 fully saturated rings. The van der Waals surface area contributed by atoms with Crippen LogP contribution in [0.4, 0.5) is 0 Å². The standard InChI is InChI=1S/C15H18ClNO3/c1-2-15(14(19)20)7-9-17(10-8-15)13(18)11-5-3-4-6-12(11)16/h3-6H,2,7-10H2,1H3,(H,19,20). The summed E-state index contributed by atoms with van der Waals surface area (Å²) in [5.74, 6) is -0.879. The number of nitrogens with zero attached hydrogens (tertiary/aromatic N) is 1. The Morgan fingerprint density at radius 3 is 2.40 bits per heavy atom. The molecule has 1 amide bonds. The van der Waals surface area contributed by atoms with Crippen LogP contribution in [0.25, 0.3) is 0 Å². The van der Waals surface area contributed by atoms with Gasteiger partial charge in [0.15, 0.2) is 0 Å². The van der Waals surface area contributed by atoms with Crippen LogP contribution < -0.4 is 0 Å². The van der Waals surface area contributed by atoms with Crippen LogP contribution in [0.3, 0.4) is 0 Å². The van der Waals surface area contributed by atoms with E-state index < -0.39 is 11.4 Å². The molecule has 1 aromatic carbocycles. The number of hydrogen-bond acceptors (Lipinski definition) is 2. The number of carbonyl (C=O) groups is 2. The van der Waals surface area contributed by atoms with E-state index in [1.807, 2.05) is 6.92 Å². The maximum absolute atomic E-state index is 12.4. The number of halogens is 1. The first kappa shape index (κ1) is 14.9. The molecule has 20 heavy (non-hydrogen) atoms. The average Bonchev–Trinajstić information content (AvgIpc) is 2.47. The third-order valence-corrected chi connectivity index (χ3v) is 4.57. The molecule has 0 spiro atoms. The number of carboxylic acid groups (broad SMARTS) is 1. The highest BCUT2D eigenvalue weighted by atomic mass is 35.5. The van der Waals surface area contributed by atoms with E-state index in [0.717, 1.165) is 0 Å². The maximum Gasteiger partial charge on any atom is 0.309 e. The monoisotopic (exact) mass is 295 g/mol. The van der Waals surface area contributed by atoms with Crippen molar-refractivity contribution in [3.05, 3.63) is 34.9 Å². The van der Waals surface area contributed by atoms with E-state index in [0.29, 0.717) is 42.9 Å². The van der Waals surface area contributed by atoms with Gasteiger partial charge in [0.05, 0.1) is 16.0 Å². The van der Waals surface area contributed by atoms with Gasteiger partial charge in [-0.1, -0.05) is 30.7 Å². The van der Waals surface area contributed by atoms with E-state index in [-0.39, 0.29) is 5.91 Å². The van der Waals surface area contributed by atoms with Gasteiger partial charge in [0.2, 0.25) is 0 Å². The summed E-state index contributed by atoms with van der Waals surface area (Å²) in [5.41, 5.74) is -0.203. The first-order valence-electron chi connectivity index (χ1n) is 6.77. The Labute approximate surface area is 123 Å². The molecule has 1 aliphatic heterocycles. The highest BCUT2D eigenvalue weighted by Crippen LogP contribution is 2.35. The van der Waals surface area contributed by atoms with Crippen molar-refractivity contribution in [1.82, 2.24) is 4.90 Å². The van der Waals surface area contributed by atoms with E-state index >= 15 is 0 Å². The Morgan fingerprint density at radius 2 is 1.90 bits per heavy atom. The number of aliphatic carboxylic acids is 1. The van der Waals surface area contributed by atoms with Crippen LogP contribution >= 0.6 is 11.6 Å². The lowest BCUT2D eigenvalue weighted by Gasteiger charge is -2.38. The van der Waals surface area contributed by atoms with Gasteiger partial charge in [-0.3, -0.25) is 9.59 Å². The second-order valence-electron chi connectivity index (χ2n) is 5.21. The van der Waals surface area contributed by atoms with E-state index in [4.69, 9.17) is 11.6 Å².